The van der Waals surface area contributed by atoms with Gasteiger partial charge in [-0.25, -0.2) is 0 Å². The van der Waals surface area contributed by atoms with Crippen molar-refractivity contribution < 1.29 is 15.3 Å². The Labute approximate surface area is 71.4 Å². The lowest BCUT2D eigenvalue weighted by Crippen LogP contribution is -2.42. The zero-order valence-electron chi connectivity index (χ0n) is 6.90. The molecule has 3 atom stereocenters. The molecule has 72 valence electrons. The average molecular weight is 176 g/mol. The van der Waals surface area contributed by atoms with Crippen molar-refractivity contribution in [1.82, 2.24) is 10.6 Å². The molecule has 12 heavy (non-hydrogen) atoms. The average Bonchev–Trinajstić information content (AvgIpc) is 2.36. The van der Waals surface area contributed by atoms with Gasteiger partial charge >= 0.3 is 0 Å². The van der Waals surface area contributed by atoms with Gasteiger partial charge < -0.3 is 26.0 Å². The first-order valence-electron chi connectivity index (χ1n) is 4.17. The third-order valence-electron chi connectivity index (χ3n) is 2.05. The maximum absolute atomic E-state index is 9.34. The lowest BCUT2D eigenvalue weighted by molar-refractivity contribution is 0.0406. The van der Waals surface area contributed by atoms with Crippen LogP contribution in [0.1, 0.15) is 0 Å². The van der Waals surface area contributed by atoms with E-state index in [4.69, 9.17) is 10.2 Å². The van der Waals surface area contributed by atoms with Gasteiger partial charge in [-0.2, -0.15) is 0 Å². The molecule has 0 bridgehead atoms. The van der Waals surface area contributed by atoms with Gasteiger partial charge in [-0.05, 0) is 0 Å². The molecular formula is C7H16N2O3. The number of hydrogen-bond acceptors (Lipinski definition) is 5. The van der Waals surface area contributed by atoms with Crippen molar-refractivity contribution in [2.24, 2.45) is 0 Å². The van der Waals surface area contributed by atoms with Gasteiger partial charge in [0.15, 0.2) is 0 Å². The Kier molecular flexibility index (Phi) is 3.90. The molecule has 1 aliphatic heterocycles. The van der Waals surface area contributed by atoms with Gasteiger partial charge in [-0.3, -0.25) is 0 Å². The van der Waals surface area contributed by atoms with Crippen molar-refractivity contribution in [2.45, 2.75) is 18.2 Å². The lowest BCUT2D eigenvalue weighted by atomic mass is 10.1. The zero-order chi connectivity index (χ0) is 8.97. The highest BCUT2D eigenvalue weighted by molar-refractivity contribution is 4.91. The van der Waals surface area contributed by atoms with Crippen LogP contribution in [0.3, 0.4) is 0 Å². The predicted molar refractivity (Wildman–Crippen MR) is 43.8 cm³/mol. The molecule has 0 aromatic carbocycles. The van der Waals surface area contributed by atoms with Gasteiger partial charge in [0.05, 0.1) is 18.8 Å². The molecule has 1 fully saturated rings. The number of hydrogen-bond donors (Lipinski definition) is 5. The molecule has 0 amide bonds. The van der Waals surface area contributed by atoms with Gasteiger partial charge in [-0.1, -0.05) is 0 Å². The standard InChI is InChI=1S/C7H16N2O3/c10-2-1-8-3-5-7(12)6(11)4-9-5/h5-12H,1-4H2/t5-,6-,7-/m1/s1. The summed E-state index contributed by atoms with van der Waals surface area (Å²) in [5.74, 6) is 0. The smallest absolute Gasteiger partial charge is 0.0976 e. The highest BCUT2D eigenvalue weighted by Crippen LogP contribution is 2.06. The minimum atomic E-state index is -0.698. The first-order valence-corrected chi connectivity index (χ1v) is 4.17. The summed E-state index contributed by atoms with van der Waals surface area (Å²) < 4.78 is 0. The summed E-state index contributed by atoms with van der Waals surface area (Å²) >= 11 is 0. The summed E-state index contributed by atoms with van der Waals surface area (Å²) in [4.78, 5) is 0. The second-order valence-corrected chi connectivity index (χ2v) is 3.00. The van der Waals surface area contributed by atoms with Crippen LogP contribution < -0.4 is 10.6 Å². The molecule has 5 N–H and O–H groups in total. The fourth-order valence-corrected chi connectivity index (χ4v) is 1.31. The number of nitrogens with one attached hydrogen (secondary N) is 2. The van der Waals surface area contributed by atoms with Crippen LogP contribution in [0.25, 0.3) is 0 Å². The van der Waals surface area contributed by atoms with Gasteiger partial charge in [0.1, 0.15) is 0 Å². The van der Waals surface area contributed by atoms with Crippen LogP contribution in [0, 0.1) is 0 Å². The summed E-state index contributed by atoms with van der Waals surface area (Å²) in [6.07, 6.45) is -1.36. The summed E-state index contributed by atoms with van der Waals surface area (Å²) in [6.45, 7) is 1.61. The Morgan fingerprint density at radius 2 is 2.17 bits per heavy atom. The molecule has 0 aromatic rings. The molecule has 0 saturated carbocycles. The molecular weight excluding hydrogens is 160 g/mol. The zero-order valence-corrected chi connectivity index (χ0v) is 6.90. The van der Waals surface area contributed by atoms with E-state index in [9.17, 15) is 5.11 Å². The second-order valence-electron chi connectivity index (χ2n) is 3.00. The second kappa shape index (κ2) is 4.74. The van der Waals surface area contributed by atoms with Crippen LogP contribution in [0.5, 0.6) is 0 Å². The Hall–Kier alpha value is -0.200. The molecule has 0 radical (unpaired) electrons. The third kappa shape index (κ3) is 2.40. The predicted octanol–water partition coefficient (Wildman–Crippen LogP) is -2.74. The van der Waals surface area contributed by atoms with E-state index in [-0.39, 0.29) is 12.6 Å². The highest BCUT2D eigenvalue weighted by Gasteiger charge is 2.32. The van der Waals surface area contributed by atoms with E-state index < -0.39 is 12.2 Å². The van der Waals surface area contributed by atoms with Gasteiger partial charge in [0, 0.05) is 25.7 Å². The SMILES string of the molecule is OCCNC[C@H]1NC[C@@H](O)[C@@H]1O. The number of β-amino-alcohol motifs (C(OH)–C–C–N with tert-alkyl or cyclic N) is 1. The van der Waals surface area contributed by atoms with Crippen LogP contribution in [-0.4, -0.2) is 59.8 Å². The molecule has 0 aromatic heterocycles. The van der Waals surface area contributed by atoms with Crippen molar-refractivity contribution in [1.29, 1.82) is 0 Å². The van der Waals surface area contributed by atoms with Crippen molar-refractivity contribution in [2.75, 3.05) is 26.2 Å². The molecule has 0 spiro atoms. The first-order chi connectivity index (χ1) is 5.75. The maximum atomic E-state index is 9.34. The molecule has 1 rings (SSSR count). The van der Waals surface area contributed by atoms with Gasteiger partial charge in [0.2, 0.25) is 0 Å². The van der Waals surface area contributed by atoms with Crippen LogP contribution >= 0.6 is 0 Å². The third-order valence-corrected chi connectivity index (χ3v) is 2.05. The maximum Gasteiger partial charge on any atom is 0.0976 e. The van der Waals surface area contributed by atoms with Crippen LogP contribution in [0.2, 0.25) is 0 Å². The summed E-state index contributed by atoms with van der Waals surface area (Å²) in [7, 11) is 0. The number of aliphatic hydroxyl groups is 3. The van der Waals surface area contributed by atoms with E-state index in [1.54, 1.807) is 0 Å². The number of rotatable bonds is 4. The van der Waals surface area contributed by atoms with Gasteiger partial charge in [0.25, 0.3) is 0 Å². The Balaban J connectivity index is 2.16. The minimum Gasteiger partial charge on any atom is -0.395 e. The molecule has 1 aliphatic rings. The van der Waals surface area contributed by atoms with Crippen molar-refractivity contribution in [3.63, 3.8) is 0 Å². The quantitative estimate of drug-likeness (QED) is 0.300. The van der Waals surface area contributed by atoms with Crippen LogP contribution in [0.15, 0.2) is 0 Å². The molecule has 5 nitrogen and oxygen atoms in total. The summed E-state index contributed by atoms with van der Waals surface area (Å²) in [5.41, 5.74) is 0. The number of aliphatic hydroxyl groups excluding tert-OH is 3. The van der Waals surface area contributed by atoms with E-state index >= 15 is 0 Å². The van der Waals surface area contributed by atoms with E-state index in [1.165, 1.54) is 0 Å². The van der Waals surface area contributed by atoms with E-state index in [2.05, 4.69) is 10.6 Å². The highest BCUT2D eigenvalue weighted by atomic mass is 16.3. The fraction of sp³-hybridized carbons (Fsp3) is 1.00. The monoisotopic (exact) mass is 176 g/mol. The fourth-order valence-electron chi connectivity index (χ4n) is 1.31. The topological polar surface area (TPSA) is 84.8 Å². The Morgan fingerprint density at radius 1 is 1.42 bits per heavy atom. The van der Waals surface area contributed by atoms with Crippen LogP contribution in [-0.2, 0) is 0 Å². The summed E-state index contributed by atoms with van der Waals surface area (Å²) in [5, 5.41) is 32.9. The molecule has 5 heteroatoms. The normalized spacial score (nSPS) is 35.8. The minimum absolute atomic E-state index is 0.0887. The summed E-state index contributed by atoms with van der Waals surface area (Å²) in [6, 6.07) is -0.105. The first kappa shape index (κ1) is 9.88. The molecule has 1 saturated heterocycles. The van der Waals surface area contributed by atoms with Crippen molar-refractivity contribution >= 4 is 0 Å². The van der Waals surface area contributed by atoms with Crippen LogP contribution in [0.4, 0.5) is 0 Å². The van der Waals surface area contributed by atoms with E-state index in [0.717, 1.165) is 0 Å². The molecule has 0 unspecified atom stereocenters. The van der Waals surface area contributed by atoms with E-state index in [1.807, 2.05) is 0 Å². The Morgan fingerprint density at radius 3 is 2.67 bits per heavy atom. The van der Waals surface area contributed by atoms with E-state index in [0.29, 0.717) is 19.6 Å². The largest absolute Gasteiger partial charge is 0.395 e. The van der Waals surface area contributed by atoms with Gasteiger partial charge in [-0.15, -0.1) is 0 Å². The van der Waals surface area contributed by atoms with Crippen molar-refractivity contribution in [3.8, 4) is 0 Å². The Bertz CT molecular complexity index is 134. The molecule has 1 heterocycles. The van der Waals surface area contributed by atoms with Crippen molar-refractivity contribution in [3.05, 3.63) is 0 Å². The molecule has 0 aliphatic carbocycles. The lowest BCUT2D eigenvalue weighted by Gasteiger charge is -2.15.